The second kappa shape index (κ2) is 12.6. The van der Waals surface area contributed by atoms with E-state index in [1.165, 1.54) is 0 Å². The van der Waals surface area contributed by atoms with E-state index in [2.05, 4.69) is 17.2 Å². The van der Waals surface area contributed by atoms with Gasteiger partial charge in [0, 0.05) is 24.1 Å². The van der Waals surface area contributed by atoms with Crippen LogP contribution in [0.1, 0.15) is 57.4 Å². The lowest BCUT2D eigenvalue weighted by molar-refractivity contribution is -0.132. The van der Waals surface area contributed by atoms with Gasteiger partial charge >= 0.3 is 0 Å². The largest absolute Gasteiger partial charge is 0.356 e. The Kier molecular flexibility index (Phi) is 9.60. The summed E-state index contributed by atoms with van der Waals surface area (Å²) < 4.78 is 10.9. The van der Waals surface area contributed by atoms with Crippen molar-refractivity contribution in [3.8, 4) is 0 Å². The maximum absolute atomic E-state index is 13.0. The van der Waals surface area contributed by atoms with Crippen LogP contribution in [0.2, 0.25) is 0 Å². The van der Waals surface area contributed by atoms with Crippen molar-refractivity contribution in [3.63, 3.8) is 0 Å². The Morgan fingerprint density at radius 3 is 2.67 bits per heavy atom. The van der Waals surface area contributed by atoms with Crippen LogP contribution in [0.25, 0.3) is 10.9 Å². The molecule has 1 fully saturated rings. The molecule has 8 heteroatoms. The number of aromatic nitrogens is 1. The first-order valence-electron chi connectivity index (χ1n) is 11.8. The molecule has 0 saturated heterocycles. The summed E-state index contributed by atoms with van der Waals surface area (Å²) in [4.78, 5) is 30.0. The van der Waals surface area contributed by atoms with E-state index in [0.717, 1.165) is 36.6 Å². The van der Waals surface area contributed by atoms with Gasteiger partial charge in [0.15, 0.2) is 0 Å². The molecule has 33 heavy (non-hydrogen) atoms. The zero-order chi connectivity index (χ0) is 23.6. The average molecular weight is 458 g/mol. The van der Waals surface area contributed by atoms with E-state index in [1.54, 1.807) is 11.7 Å². The van der Waals surface area contributed by atoms with Gasteiger partial charge in [-0.2, -0.15) is 0 Å². The zero-order valence-corrected chi connectivity index (χ0v) is 19.5. The third kappa shape index (κ3) is 7.22. The van der Waals surface area contributed by atoms with E-state index in [1.807, 2.05) is 37.3 Å². The van der Waals surface area contributed by atoms with Crippen molar-refractivity contribution in [2.75, 3.05) is 20.0 Å². The van der Waals surface area contributed by atoms with Crippen LogP contribution in [0.5, 0.6) is 0 Å². The summed E-state index contributed by atoms with van der Waals surface area (Å²) in [5.74, 6) is -0.644. The predicted octanol–water partition coefficient (Wildman–Crippen LogP) is 3.54. The first kappa shape index (κ1) is 25.1. The van der Waals surface area contributed by atoms with E-state index >= 15 is 0 Å². The van der Waals surface area contributed by atoms with Gasteiger partial charge in [0.1, 0.15) is 6.79 Å². The highest BCUT2D eigenvalue weighted by atomic mass is 16.7. The Bertz CT molecular complexity index is 914. The maximum atomic E-state index is 13.0. The third-order valence-electron chi connectivity index (χ3n) is 6.38. The van der Waals surface area contributed by atoms with Crippen LogP contribution in [-0.2, 0) is 19.1 Å². The number of benzene rings is 1. The predicted molar refractivity (Wildman–Crippen MR) is 125 cm³/mol. The van der Waals surface area contributed by atoms with E-state index in [9.17, 15) is 14.8 Å². The molecule has 0 aliphatic heterocycles. The van der Waals surface area contributed by atoms with E-state index in [4.69, 9.17) is 9.47 Å². The molecule has 2 aromatic rings. The molecule has 2 amide bonds. The Morgan fingerprint density at radius 2 is 1.94 bits per heavy atom. The topological polar surface area (TPSA) is 110 Å². The van der Waals surface area contributed by atoms with Crippen LogP contribution >= 0.6 is 0 Å². The van der Waals surface area contributed by atoms with E-state index in [-0.39, 0.29) is 31.6 Å². The number of pyridine rings is 1. The minimum Gasteiger partial charge on any atom is -0.356 e. The van der Waals surface area contributed by atoms with Crippen molar-refractivity contribution >= 4 is 22.7 Å². The van der Waals surface area contributed by atoms with Crippen LogP contribution in [0.15, 0.2) is 36.5 Å². The SMILES string of the molecule is CCOCOCC(CC(C(=O)NO)c1cnc2ccccc2c1)NC(=O)C1CCC(C)CC1. The molecule has 1 aromatic carbocycles. The standard InChI is InChI=1S/C25H35N3O5/c1-3-32-16-33-15-21(27-24(29)18-10-8-17(2)9-11-18)13-22(25(30)28-31)20-12-19-6-4-5-7-23(19)26-14-20/h4-7,12,14,17-18,21-22,31H,3,8-11,13,15-16H2,1-2H3,(H,27,29)(H,28,30). The van der Waals surface area contributed by atoms with Crippen molar-refractivity contribution in [2.45, 2.75) is 57.9 Å². The fourth-order valence-corrected chi connectivity index (χ4v) is 4.38. The fourth-order valence-electron chi connectivity index (χ4n) is 4.38. The zero-order valence-electron chi connectivity index (χ0n) is 19.5. The highest BCUT2D eigenvalue weighted by molar-refractivity contribution is 5.85. The number of rotatable bonds is 11. The molecule has 8 nitrogen and oxygen atoms in total. The van der Waals surface area contributed by atoms with Gasteiger partial charge in [-0.1, -0.05) is 25.1 Å². The summed E-state index contributed by atoms with van der Waals surface area (Å²) in [6.07, 6.45) is 5.73. The minimum absolute atomic E-state index is 0.00768. The molecule has 3 rings (SSSR count). The molecule has 180 valence electrons. The number of hydrogen-bond donors (Lipinski definition) is 3. The molecule has 1 aliphatic rings. The van der Waals surface area contributed by atoms with E-state index in [0.29, 0.717) is 18.1 Å². The lowest BCUT2D eigenvalue weighted by Crippen LogP contribution is -2.44. The number of carbonyl (C=O) groups is 2. The van der Waals surface area contributed by atoms with Crippen molar-refractivity contribution in [1.29, 1.82) is 0 Å². The number of nitrogens with zero attached hydrogens (tertiary/aromatic N) is 1. The van der Waals surface area contributed by atoms with Crippen molar-refractivity contribution in [1.82, 2.24) is 15.8 Å². The van der Waals surface area contributed by atoms with Crippen LogP contribution in [0.3, 0.4) is 0 Å². The summed E-state index contributed by atoms with van der Waals surface area (Å²) in [7, 11) is 0. The Morgan fingerprint density at radius 1 is 1.18 bits per heavy atom. The summed E-state index contributed by atoms with van der Waals surface area (Å²) in [5, 5.41) is 13.4. The smallest absolute Gasteiger partial charge is 0.251 e. The lowest BCUT2D eigenvalue weighted by atomic mass is 9.82. The van der Waals surface area contributed by atoms with Gasteiger partial charge in [0.25, 0.3) is 5.91 Å². The quantitative estimate of drug-likeness (QED) is 0.206. The summed E-state index contributed by atoms with van der Waals surface area (Å²) in [5.41, 5.74) is 3.25. The fraction of sp³-hybridized carbons (Fsp3) is 0.560. The normalized spacial score (nSPS) is 20.2. The molecule has 1 saturated carbocycles. The van der Waals surface area contributed by atoms with E-state index < -0.39 is 17.9 Å². The molecule has 3 N–H and O–H groups in total. The molecule has 2 unspecified atom stereocenters. The molecule has 0 spiro atoms. The lowest BCUT2D eigenvalue weighted by Gasteiger charge is -2.29. The van der Waals surface area contributed by atoms with Crippen LogP contribution in [0.4, 0.5) is 0 Å². The van der Waals surface area contributed by atoms with Crippen LogP contribution in [-0.4, -0.2) is 48.1 Å². The van der Waals surface area contributed by atoms with Gasteiger partial charge in [-0.15, -0.1) is 0 Å². The summed E-state index contributed by atoms with van der Waals surface area (Å²) in [6.45, 7) is 4.92. The number of nitrogens with one attached hydrogen (secondary N) is 2. The molecule has 0 bridgehead atoms. The Hall–Kier alpha value is -2.55. The van der Waals surface area contributed by atoms with Crippen molar-refractivity contribution < 1.29 is 24.3 Å². The number of fused-ring (bicyclic) bond motifs is 1. The number of para-hydroxylation sites is 1. The number of ether oxygens (including phenoxy) is 2. The third-order valence-corrected chi connectivity index (χ3v) is 6.38. The Labute approximate surface area is 195 Å². The number of hydroxylamine groups is 1. The number of amides is 2. The minimum atomic E-state index is -0.709. The number of carbonyl (C=O) groups excluding carboxylic acids is 2. The van der Waals surface area contributed by atoms with Gasteiger partial charge in [-0.05, 0) is 62.6 Å². The summed E-state index contributed by atoms with van der Waals surface area (Å²) in [6, 6.07) is 9.10. The highest BCUT2D eigenvalue weighted by Crippen LogP contribution is 2.29. The average Bonchev–Trinajstić information content (AvgIpc) is 2.84. The summed E-state index contributed by atoms with van der Waals surface area (Å²) >= 11 is 0. The molecular formula is C25H35N3O5. The van der Waals surface area contributed by atoms with Gasteiger partial charge < -0.3 is 14.8 Å². The molecule has 2 atom stereocenters. The van der Waals surface area contributed by atoms with Gasteiger partial charge in [0.05, 0.1) is 24.1 Å². The van der Waals surface area contributed by atoms with Crippen molar-refractivity contribution in [3.05, 3.63) is 42.1 Å². The van der Waals surface area contributed by atoms with Crippen LogP contribution in [0, 0.1) is 11.8 Å². The second-order valence-electron chi connectivity index (χ2n) is 8.87. The molecule has 0 radical (unpaired) electrons. The molecule has 1 aromatic heterocycles. The molecular weight excluding hydrogens is 422 g/mol. The highest BCUT2D eigenvalue weighted by Gasteiger charge is 2.30. The molecule has 1 heterocycles. The maximum Gasteiger partial charge on any atom is 0.251 e. The van der Waals surface area contributed by atoms with Crippen LogP contribution < -0.4 is 10.8 Å². The number of hydrogen-bond acceptors (Lipinski definition) is 6. The van der Waals surface area contributed by atoms with Gasteiger partial charge in [0.2, 0.25) is 5.91 Å². The second-order valence-corrected chi connectivity index (χ2v) is 8.87. The first-order chi connectivity index (χ1) is 16.0. The molecule has 1 aliphatic carbocycles. The Balaban J connectivity index is 1.76. The van der Waals surface area contributed by atoms with Gasteiger partial charge in [-0.3, -0.25) is 19.8 Å². The first-order valence-corrected chi connectivity index (χ1v) is 11.8. The monoisotopic (exact) mass is 457 g/mol. The van der Waals surface area contributed by atoms with Gasteiger partial charge in [-0.25, -0.2) is 5.48 Å². The van der Waals surface area contributed by atoms with Crippen molar-refractivity contribution in [2.24, 2.45) is 11.8 Å².